The topological polar surface area (TPSA) is 163 Å². The van der Waals surface area contributed by atoms with Crippen LogP contribution < -0.4 is 19.9 Å². The van der Waals surface area contributed by atoms with Crippen LogP contribution in [0, 0.1) is 37.5 Å². The van der Waals surface area contributed by atoms with Gasteiger partial charge >= 0.3 is 0 Å². The molecule has 6 aromatic rings. The van der Waals surface area contributed by atoms with Gasteiger partial charge in [0, 0.05) is 65.4 Å². The Morgan fingerprint density at radius 3 is 2.47 bits per heavy atom. The number of rotatable bonds is 9. The van der Waals surface area contributed by atoms with Gasteiger partial charge in [-0.1, -0.05) is 23.7 Å². The van der Waals surface area contributed by atoms with Crippen LogP contribution in [-0.4, -0.2) is 79.9 Å². The number of fused-ring (bicyclic) bond motifs is 3. The molecule has 10 rings (SSSR count). The summed E-state index contributed by atoms with van der Waals surface area (Å²) in [5, 5.41) is 31.6. The van der Waals surface area contributed by atoms with E-state index in [9.17, 15) is 4.79 Å². The molecule has 0 radical (unpaired) electrons. The molecule has 1 atom stereocenters. The van der Waals surface area contributed by atoms with Gasteiger partial charge in [-0.05, 0) is 101 Å². The van der Waals surface area contributed by atoms with Crippen molar-refractivity contribution in [1.82, 2.24) is 35.3 Å². The number of anilines is 2. The number of nitrogens with zero attached hydrogens (tertiary/aromatic N) is 10. The normalized spacial score (nSPS) is 20.4. The molecule has 0 unspecified atom stereocenters. The van der Waals surface area contributed by atoms with Crippen LogP contribution in [0.1, 0.15) is 99.7 Å². The zero-order chi connectivity index (χ0) is 42.5. The Morgan fingerprint density at radius 1 is 0.984 bits per heavy atom. The molecule has 16 heteroatoms. The summed E-state index contributed by atoms with van der Waals surface area (Å²) in [5.41, 5.74) is 6.61. The third-order valence-corrected chi connectivity index (χ3v) is 14.6. The van der Waals surface area contributed by atoms with Gasteiger partial charge in [-0.2, -0.15) is 5.26 Å². The number of aromatic nitrogens is 6. The highest BCUT2D eigenvalue weighted by Gasteiger charge is 2.45. The first-order valence-corrected chi connectivity index (χ1v) is 22.4. The smallest absolute Gasteiger partial charge is 0.272 e. The van der Waals surface area contributed by atoms with E-state index in [4.69, 9.17) is 31.0 Å². The maximum atomic E-state index is 13.1. The number of aliphatic imine (C=N–C) groups is 1. The molecule has 1 N–H and O–H groups in total. The summed E-state index contributed by atoms with van der Waals surface area (Å²) in [6.45, 7) is 10.2. The first-order valence-electron chi connectivity index (χ1n) is 21.2. The maximum Gasteiger partial charge on any atom is 0.272 e. The summed E-state index contributed by atoms with van der Waals surface area (Å²) in [6.07, 6.45) is 9.13. The third kappa shape index (κ3) is 7.59. The van der Waals surface area contributed by atoms with Crippen molar-refractivity contribution in [3.05, 3.63) is 122 Å². The van der Waals surface area contributed by atoms with Crippen molar-refractivity contribution < 1.29 is 13.9 Å². The van der Waals surface area contributed by atoms with Gasteiger partial charge in [0.15, 0.2) is 23.2 Å². The van der Waals surface area contributed by atoms with Crippen LogP contribution in [0.25, 0.3) is 5.00 Å². The molecule has 4 aromatic heterocycles. The van der Waals surface area contributed by atoms with Crippen LogP contribution in [0.5, 0.6) is 5.75 Å². The summed E-state index contributed by atoms with van der Waals surface area (Å²) >= 11 is 7.93. The number of hydrogen-bond donors (Lipinski definition) is 1. The SMILES string of the molecule is Cc1sc2c(c1C)C(c1ccc(N3CC4(CCN(c5ccc(C(=O)NC6CCC(Oc7ccc(C#N)c(Cl)c7)CC6)nn5)CC4)C3)cc1)=N[C@@H](Cc1ncco1)c1nnc(C)n1-2. The van der Waals surface area contributed by atoms with Crippen molar-refractivity contribution in [2.24, 2.45) is 10.4 Å². The van der Waals surface area contributed by atoms with Gasteiger partial charge in [0.2, 0.25) is 0 Å². The van der Waals surface area contributed by atoms with E-state index in [0.717, 1.165) is 104 Å². The summed E-state index contributed by atoms with van der Waals surface area (Å²) in [7, 11) is 0. The van der Waals surface area contributed by atoms with E-state index in [2.05, 4.69) is 89.2 Å². The second kappa shape index (κ2) is 16.3. The van der Waals surface area contributed by atoms with Gasteiger partial charge in [-0.15, -0.1) is 31.7 Å². The van der Waals surface area contributed by atoms with Crippen LogP contribution >= 0.6 is 22.9 Å². The van der Waals surface area contributed by atoms with Gasteiger partial charge in [0.1, 0.15) is 34.9 Å². The maximum absolute atomic E-state index is 13.1. The van der Waals surface area contributed by atoms with Gasteiger partial charge < -0.3 is 24.3 Å². The number of aryl methyl sites for hydroxylation is 2. The quantitative estimate of drug-likeness (QED) is 0.150. The Morgan fingerprint density at radius 2 is 1.77 bits per heavy atom. The predicted molar refractivity (Wildman–Crippen MR) is 237 cm³/mol. The molecule has 0 bridgehead atoms. The van der Waals surface area contributed by atoms with Gasteiger partial charge in [-0.25, -0.2) is 4.98 Å². The number of hydrogen-bond acceptors (Lipinski definition) is 13. The highest BCUT2D eigenvalue weighted by Crippen LogP contribution is 2.44. The van der Waals surface area contributed by atoms with Crippen LogP contribution in [-0.2, 0) is 6.42 Å². The number of amides is 1. The van der Waals surface area contributed by atoms with E-state index in [1.54, 1.807) is 48.1 Å². The molecule has 3 aliphatic heterocycles. The fourth-order valence-corrected chi connectivity index (χ4v) is 10.8. The van der Waals surface area contributed by atoms with Gasteiger partial charge in [0.25, 0.3) is 5.91 Å². The van der Waals surface area contributed by atoms with Crippen molar-refractivity contribution >= 4 is 46.1 Å². The summed E-state index contributed by atoms with van der Waals surface area (Å²) in [6, 6.07) is 19.5. The van der Waals surface area contributed by atoms with Crippen LogP contribution in [0.2, 0.25) is 5.02 Å². The van der Waals surface area contributed by atoms with E-state index in [0.29, 0.717) is 34.3 Å². The molecule has 3 fully saturated rings. The lowest BCUT2D eigenvalue weighted by atomic mass is 9.71. The van der Waals surface area contributed by atoms with Crippen LogP contribution in [0.3, 0.4) is 0 Å². The zero-order valence-electron chi connectivity index (χ0n) is 34.8. The van der Waals surface area contributed by atoms with E-state index in [1.807, 2.05) is 13.0 Å². The molecule has 14 nitrogen and oxygen atoms in total. The Labute approximate surface area is 368 Å². The third-order valence-electron chi connectivity index (χ3n) is 13.1. The molecule has 1 spiro atoms. The fraction of sp³-hybridized carbons (Fsp3) is 0.391. The van der Waals surface area contributed by atoms with Gasteiger partial charge in [0.05, 0.1) is 35.0 Å². The number of carbonyl (C=O) groups is 1. The van der Waals surface area contributed by atoms with E-state index >= 15 is 0 Å². The molecule has 316 valence electrons. The monoisotopic (exact) mass is 867 g/mol. The van der Waals surface area contributed by atoms with Crippen molar-refractivity contribution in [3.63, 3.8) is 0 Å². The Balaban J connectivity index is 0.733. The molecular weight excluding hydrogens is 822 g/mol. The molecule has 1 aliphatic carbocycles. The van der Waals surface area contributed by atoms with E-state index in [1.165, 1.54) is 16.1 Å². The predicted octanol–water partition coefficient (Wildman–Crippen LogP) is 7.92. The molecule has 2 aromatic carbocycles. The summed E-state index contributed by atoms with van der Waals surface area (Å²) in [4.78, 5) is 28.9. The number of piperidine rings is 1. The Kier molecular flexibility index (Phi) is 10.5. The van der Waals surface area contributed by atoms with Crippen molar-refractivity contribution in [2.75, 3.05) is 36.0 Å². The second-order valence-corrected chi connectivity index (χ2v) is 18.6. The lowest BCUT2D eigenvalue weighted by Gasteiger charge is -2.55. The first kappa shape index (κ1) is 40.0. The summed E-state index contributed by atoms with van der Waals surface area (Å²) < 4.78 is 13.9. The number of ether oxygens (including phenoxy) is 1. The molecule has 62 heavy (non-hydrogen) atoms. The minimum absolute atomic E-state index is 0.0310. The molecule has 2 saturated heterocycles. The summed E-state index contributed by atoms with van der Waals surface area (Å²) in [5.74, 6) is 3.51. The lowest BCUT2D eigenvalue weighted by Crippen LogP contribution is -2.60. The van der Waals surface area contributed by atoms with E-state index in [-0.39, 0.29) is 29.5 Å². The largest absolute Gasteiger partial charge is 0.490 e. The average molecular weight is 868 g/mol. The highest BCUT2D eigenvalue weighted by atomic mass is 35.5. The number of nitrogens with one attached hydrogen (secondary N) is 1. The number of benzene rings is 2. The lowest BCUT2D eigenvalue weighted by molar-refractivity contribution is 0.0888. The molecule has 7 heterocycles. The number of oxazole rings is 1. The average Bonchev–Trinajstić information content (AvgIpc) is 3.99. The first-order chi connectivity index (χ1) is 30.1. The molecular formula is C46H46ClN11O3S. The zero-order valence-corrected chi connectivity index (χ0v) is 36.4. The van der Waals surface area contributed by atoms with Gasteiger partial charge in [-0.3, -0.25) is 14.4 Å². The molecule has 4 aliphatic rings. The number of halogens is 1. The highest BCUT2D eigenvalue weighted by molar-refractivity contribution is 7.15. The second-order valence-electron chi connectivity index (χ2n) is 17.0. The van der Waals surface area contributed by atoms with Crippen LogP contribution in [0.4, 0.5) is 11.5 Å². The standard InChI is InChI=1S/C46H46ClN11O3S/c1-27-28(2)62-45-41(27)42(51-38(23-40-49-18-21-60-40)43-55-52-29(3)58(43)45)30-4-9-33(10-5-30)57-25-46(26-57)16-19-56(20-17-46)39-15-14-37(53-54-39)44(59)50-32-7-12-34(13-8-32)61-35-11-6-31(24-48)36(47)22-35/h4-6,9-11,14-15,18,21-22,32,34,38H,7-8,12-13,16-17,19-20,23,25-26H2,1-3H3,(H,50,59)/t32?,34?,38-/m0/s1. The minimum atomic E-state index is -0.305. The van der Waals surface area contributed by atoms with E-state index < -0.39 is 0 Å². The Hall–Kier alpha value is -6.11. The molecule has 1 saturated carbocycles. The van der Waals surface area contributed by atoms with Crippen LogP contribution in [0.15, 0.2) is 76.5 Å². The number of thiophene rings is 1. The minimum Gasteiger partial charge on any atom is -0.490 e. The Bertz CT molecular complexity index is 2680. The van der Waals surface area contributed by atoms with Crippen molar-refractivity contribution in [1.29, 1.82) is 5.26 Å². The van der Waals surface area contributed by atoms with Crippen molar-refractivity contribution in [3.8, 4) is 16.8 Å². The molecule has 1 amide bonds. The van der Waals surface area contributed by atoms with Crippen molar-refractivity contribution in [2.45, 2.75) is 83.9 Å². The number of nitriles is 1. The number of carbonyl (C=O) groups excluding carboxylic acids is 1. The fourth-order valence-electron chi connectivity index (χ4n) is 9.40.